The molecule has 0 aromatic carbocycles. The zero-order valence-electron chi connectivity index (χ0n) is 17.9. The summed E-state index contributed by atoms with van der Waals surface area (Å²) in [5.74, 6) is 0.479. The maximum atomic E-state index is 12.7. The summed E-state index contributed by atoms with van der Waals surface area (Å²) in [5.41, 5.74) is 5.30. The number of halogens is 1. The van der Waals surface area contributed by atoms with Gasteiger partial charge in [0.2, 0.25) is 0 Å². The Morgan fingerprint density at radius 1 is 1.22 bits per heavy atom. The molecule has 2 amide bonds. The fourth-order valence-corrected chi connectivity index (χ4v) is 4.31. The topological polar surface area (TPSA) is 109 Å². The standard InChI is InChI=1S/C22H26BrN5O4/c1-14-19-17(26-27-21(29)15-11-16(23)13-24-12-15)3-2-4-18(19)32-20(14)22(30)25-5-6-28-7-9-31-10-8-28/h11-13H,2-10H2,1H3,(H,25,30)(H,27,29)/b26-17+. The van der Waals surface area contributed by atoms with Crippen LogP contribution in [-0.2, 0) is 11.2 Å². The van der Waals surface area contributed by atoms with Gasteiger partial charge < -0.3 is 14.5 Å². The van der Waals surface area contributed by atoms with Gasteiger partial charge in [-0.15, -0.1) is 0 Å². The van der Waals surface area contributed by atoms with Crippen molar-refractivity contribution >= 4 is 33.5 Å². The molecule has 10 heteroatoms. The summed E-state index contributed by atoms with van der Waals surface area (Å²) in [7, 11) is 0. The van der Waals surface area contributed by atoms with Crippen LogP contribution in [0.5, 0.6) is 0 Å². The van der Waals surface area contributed by atoms with Crippen molar-refractivity contribution in [3.63, 3.8) is 0 Å². The Kier molecular flexibility index (Phi) is 7.33. The van der Waals surface area contributed by atoms with E-state index in [0.717, 1.165) is 68.3 Å². The number of carbonyl (C=O) groups excluding carboxylic acids is 2. The van der Waals surface area contributed by atoms with Crippen molar-refractivity contribution in [2.45, 2.75) is 26.2 Å². The van der Waals surface area contributed by atoms with Gasteiger partial charge in [0.25, 0.3) is 11.8 Å². The Morgan fingerprint density at radius 2 is 2.03 bits per heavy atom. The highest BCUT2D eigenvalue weighted by atomic mass is 79.9. The van der Waals surface area contributed by atoms with Crippen LogP contribution in [0.2, 0.25) is 0 Å². The molecule has 0 saturated carbocycles. The summed E-state index contributed by atoms with van der Waals surface area (Å²) >= 11 is 3.31. The highest BCUT2D eigenvalue weighted by Crippen LogP contribution is 2.29. The zero-order chi connectivity index (χ0) is 22.5. The summed E-state index contributed by atoms with van der Waals surface area (Å²) in [4.78, 5) is 31.4. The van der Waals surface area contributed by atoms with Crippen LogP contribution in [0.25, 0.3) is 0 Å². The Labute approximate surface area is 194 Å². The second kappa shape index (κ2) is 10.4. The number of carbonyl (C=O) groups is 2. The molecule has 0 bridgehead atoms. The van der Waals surface area contributed by atoms with Crippen molar-refractivity contribution in [2.24, 2.45) is 5.10 Å². The molecule has 1 saturated heterocycles. The maximum absolute atomic E-state index is 12.7. The molecule has 1 fully saturated rings. The predicted octanol–water partition coefficient (Wildman–Crippen LogP) is 2.28. The number of furan rings is 1. The number of amides is 2. The first kappa shape index (κ1) is 22.6. The average Bonchev–Trinajstić information content (AvgIpc) is 3.15. The second-order valence-electron chi connectivity index (χ2n) is 7.81. The molecule has 170 valence electrons. The maximum Gasteiger partial charge on any atom is 0.287 e. The molecule has 2 aromatic rings. The number of nitrogens with zero attached hydrogens (tertiary/aromatic N) is 3. The van der Waals surface area contributed by atoms with E-state index in [1.54, 1.807) is 12.3 Å². The van der Waals surface area contributed by atoms with Crippen LogP contribution in [0.1, 0.15) is 50.6 Å². The molecule has 2 aliphatic rings. The van der Waals surface area contributed by atoms with Crippen molar-refractivity contribution in [3.8, 4) is 0 Å². The van der Waals surface area contributed by atoms with E-state index in [2.05, 4.69) is 41.7 Å². The first-order chi connectivity index (χ1) is 15.5. The molecule has 4 rings (SSSR count). The normalized spacial score (nSPS) is 17.8. The molecule has 1 aliphatic carbocycles. The largest absolute Gasteiger partial charge is 0.455 e. The number of rotatable bonds is 6. The number of hydrogen-bond donors (Lipinski definition) is 2. The molecule has 32 heavy (non-hydrogen) atoms. The van der Waals surface area contributed by atoms with Gasteiger partial charge in [0.05, 0.1) is 24.5 Å². The van der Waals surface area contributed by atoms with Crippen molar-refractivity contribution in [2.75, 3.05) is 39.4 Å². The van der Waals surface area contributed by atoms with Crippen molar-refractivity contribution in [3.05, 3.63) is 51.1 Å². The molecular weight excluding hydrogens is 478 g/mol. The van der Waals surface area contributed by atoms with Gasteiger partial charge in [-0.25, -0.2) is 5.43 Å². The lowest BCUT2D eigenvalue weighted by molar-refractivity contribution is 0.0382. The molecule has 0 unspecified atom stereocenters. The Balaban J connectivity index is 1.43. The third-order valence-corrected chi connectivity index (χ3v) is 6.04. The van der Waals surface area contributed by atoms with Gasteiger partial charge in [0.15, 0.2) is 5.76 Å². The SMILES string of the molecule is Cc1c(C(=O)NCCN2CCOCC2)oc2c1/C(=N/NC(=O)c1cncc(Br)c1)CCC2. The number of hydrazone groups is 1. The summed E-state index contributed by atoms with van der Waals surface area (Å²) < 4.78 is 12.0. The number of aryl methyl sites for hydroxylation is 1. The first-order valence-electron chi connectivity index (χ1n) is 10.7. The third-order valence-electron chi connectivity index (χ3n) is 5.61. The van der Waals surface area contributed by atoms with E-state index >= 15 is 0 Å². The Morgan fingerprint density at radius 3 is 2.81 bits per heavy atom. The molecule has 2 aromatic heterocycles. The minimum absolute atomic E-state index is 0.228. The molecule has 3 heterocycles. The van der Waals surface area contributed by atoms with E-state index in [1.165, 1.54) is 6.20 Å². The van der Waals surface area contributed by atoms with Crippen LogP contribution in [0, 0.1) is 6.92 Å². The van der Waals surface area contributed by atoms with E-state index in [1.807, 2.05) is 6.92 Å². The minimum Gasteiger partial charge on any atom is -0.455 e. The van der Waals surface area contributed by atoms with Crippen LogP contribution in [0.3, 0.4) is 0 Å². The van der Waals surface area contributed by atoms with Crippen LogP contribution in [0.4, 0.5) is 0 Å². The third kappa shape index (κ3) is 5.25. The lowest BCUT2D eigenvalue weighted by Gasteiger charge is -2.26. The van der Waals surface area contributed by atoms with E-state index in [-0.39, 0.29) is 11.8 Å². The highest BCUT2D eigenvalue weighted by molar-refractivity contribution is 9.10. The van der Waals surface area contributed by atoms with Crippen molar-refractivity contribution < 1.29 is 18.7 Å². The van der Waals surface area contributed by atoms with E-state index in [4.69, 9.17) is 9.15 Å². The zero-order valence-corrected chi connectivity index (χ0v) is 19.5. The van der Waals surface area contributed by atoms with E-state index in [9.17, 15) is 9.59 Å². The molecule has 9 nitrogen and oxygen atoms in total. The molecule has 0 atom stereocenters. The second-order valence-corrected chi connectivity index (χ2v) is 8.72. The monoisotopic (exact) mass is 503 g/mol. The number of hydrogen-bond acceptors (Lipinski definition) is 7. The average molecular weight is 504 g/mol. The van der Waals surface area contributed by atoms with Crippen LogP contribution in [-0.4, -0.2) is 66.8 Å². The van der Waals surface area contributed by atoms with Crippen LogP contribution < -0.4 is 10.7 Å². The summed E-state index contributed by atoms with van der Waals surface area (Å²) in [5, 5.41) is 7.30. The number of nitrogens with one attached hydrogen (secondary N) is 2. The highest BCUT2D eigenvalue weighted by Gasteiger charge is 2.28. The van der Waals surface area contributed by atoms with Crippen molar-refractivity contribution in [1.82, 2.24) is 20.6 Å². The molecular formula is C22H26BrN5O4. The fraction of sp³-hybridized carbons (Fsp3) is 0.455. The molecule has 2 N–H and O–H groups in total. The summed E-state index contributed by atoms with van der Waals surface area (Å²) in [6.07, 6.45) is 5.36. The van der Waals surface area contributed by atoms with Crippen LogP contribution >= 0.6 is 15.9 Å². The van der Waals surface area contributed by atoms with Gasteiger partial charge in [-0.2, -0.15) is 5.10 Å². The summed E-state index contributed by atoms with van der Waals surface area (Å²) in [6, 6.07) is 1.68. The number of ether oxygens (including phenoxy) is 1. The summed E-state index contributed by atoms with van der Waals surface area (Å²) in [6.45, 7) is 6.40. The lowest BCUT2D eigenvalue weighted by atomic mass is 9.93. The van der Waals surface area contributed by atoms with Gasteiger partial charge in [-0.1, -0.05) is 0 Å². The van der Waals surface area contributed by atoms with Gasteiger partial charge in [0, 0.05) is 60.6 Å². The number of pyridine rings is 1. The molecule has 1 aliphatic heterocycles. The van der Waals surface area contributed by atoms with Crippen molar-refractivity contribution in [1.29, 1.82) is 0 Å². The lowest BCUT2D eigenvalue weighted by Crippen LogP contribution is -2.41. The van der Waals surface area contributed by atoms with Gasteiger partial charge >= 0.3 is 0 Å². The van der Waals surface area contributed by atoms with Gasteiger partial charge in [-0.3, -0.25) is 19.5 Å². The number of fused-ring (bicyclic) bond motifs is 1. The van der Waals surface area contributed by atoms with E-state index < -0.39 is 0 Å². The Hall–Kier alpha value is -2.56. The smallest absolute Gasteiger partial charge is 0.287 e. The van der Waals surface area contributed by atoms with E-state index in [0.29, 0.717) is 28.8 Å². The number of aromatic nitrogens is 1. The van der Waals surface area contributed by atoms with Gasteiger partial charge in [-0.05, 0) is 41.8 Å². The quantitative estimate of drug-likeness (QED) is 0.585. The number of morpholine rings is 1. The predicted molar refractivity (Wildman–Crippen MR) is 122 cm³/mol. The minimum atomic E-state index is -0.347. The van der Waals surface area contributed by atoms with Crippen LogP contribution in [0.15, 0.2) is 32.5 Å². The van der Waals surface area contributed by atoms with Gasteiger partial charge in [0.1, 0.15) is 5.76 Å². The Bertz CT molecular complexity index is 1030. The molecule has 0 radical (unpaired) electrons. The molecule has 0 spiro atoms. The first-order valence-corrected chi connectivity index (χ1v) is 11.5. The fourth-order valence-electron chi connectivity index (χ4n) is 3.95.